The number of hydrogen-bond donors (Lipinski definition) is 2. The molecule has 2 N–H and O–H groups in total. The van der Waals surface area contributed by atoms with E-state index in [1.807, 2.05) is 24.3 Å². The number of nitrogens with zero attached hydrogens (tertiary/aromatic N) is 2. The van der Waals surface area contributed by atoms with Crippen LogP contribution in [0.25, 0.3) is 11.3 Å². The molecule has 0 unspecified atom stereocenters. The van der Waals surface area contributed by atoms with Crippen LogP contribution in [-0.4, -0.2) is 28.3 Å². The van der Waals surface area contributed by atoms with Crippen molar-refractivity contribution in [3.8, 4) is 11.3 Å². The minimum Gasteiger partial charge on any atom is -0.352 e. The molecule has 6 heteroatoms. The second-order valence-corrected chi connectivity index (χ2v) is 7.12. The van der Waals surface area contributed by atoms with Crippen molar-refractivity contribution in [1.82, 2.24) is 15.3 Å². The van der Waals surface area contributed by atoms with Crippen molar-refractivity contribution < 1.29 is 9.59 Å². The Kier molecular flexibility index (Phi) is 6.68. The van der Waals surface area contributed by atoms with E-state index in [2.05, 4.69) is 34.4 Å². The first-order valence-corrected chi connectivity index (χ1v) is 9.60. The quantitative estimate of drug-likeness (QED) is 0.636. The van der Waals surface area contributed by atoms with Crippen molar-refractivity contribution in [2.75, 3.05) is 11.9 Å². The number of nitrogens with one attached hydrogen (secondary N) is 2. The third kappa shape index (κ3) is 5.72. The summed E-state index contributed by atoms with van der Waals surface area (Å²) in [5, 5.41) is 5.69. The Morgan fingerprint density at radius 3 is 2.41 bits per heavy atom. The molecule has 6 nitrogen and oxygen atoms in total. The van der Waals surface area contributed by atoms with Gasteiger partial charge in [0, 0.05) is 35.6 Å². The number of pyridine rings is 2. The smallest absolute Gasteiger partial charge is 0.256 e. The summed E-state index contributed by atoms with van der Waals surface area (Å²) < 4.78 is 0. The molecule has 29 heavy (non-hydrogen) atoms. The molecule has 2 aromatic heterocycles. The molecule has 0 aliphatic heterocycles. The van der Waals surface area contributed by atoms with Crippen molar-refractivity contribution in [2.45, 2.75) is 20.3 Å². The summed E-state index contributed by atoms with van der Waals surface area (Å²) in [7, 11) is 0. The summed E-state index contributed by atoms with van der Waals surface area (Å²) in [4.78, 5) is 33.1. The molecule has 0 saturated carbocycles. The van der Waals surface area contributed by atoms with Crippen LogP contribution in [0.15, 0.2) is 67.0 Å². The van der Waals surface area contributed by atoms with Gasteiger partial charge in [-0.1, -0.05) is 32.0 Å². The molecule has 148 valence electrons. The molecule has 2 amide bonds. The van der Waals surface area contributed by atoms with Gasteiger partial charge in [-0.25, -0.2) is 4.98 Å². The summed E-state index contributed by atoms with van der Waals surface area (Å²) in [6.07, 6.45) is 4.17. The van der Waals surface area contributed by atoms with Crippen LogP contribution in [0.2, 0.25) is 0 Å². The normalized spacial score (nSPS) is 10.6. The van der Waals surface area contributed by atoms with Crippen molar-refractivity contribution >= 4 is 17.6 Å². The first-order chi connectivity index (χ1) is 14.0. The van der Waals surface area contributed by atoms with Crippen LogP contribution >= 0.6 is 0 Å². The Labute approximate surface area is 170 Å². The van der Waals surface area contributed by atoms with Gasteiger partial charge in [0.15, 0.2) is 0 Å². The van der Waals surface area contributed by atoms with Gasteiger partial charge in [0.1, 0.15) is 5.82 Å². The molecule has 3 aromatic rings. The highest BCUT2D eigenvalue weighted by atomic mass is 16.2. The minimum absolute atomic E-state index is 0.117. The first-order valence-electron chi connectivity index (χ1n) is 9.60. The van der Waals surface area contributed by atoms with E-state index in [9.17, 15) is 9.59 Å². The molecule has 0 radical (unpaired) electrons. The zero-order valence-corrected chi connectivity index (χ0v) is 16.6. The molecule has 1 aromatic carbocycles. The van der Waals surface area contributed by atoms with Crippen LogP contribution < -0.4 is 10.6 Å². The van der Waals surface area contributed by atoms with Gasteiger partial charge >= 0.3 is 0 Å². The van der Waals surface area contributed by atoms with Gasteiger partial charge in [0.05, 0.1) is 5.69 Å². The number of hydrogen-bond acceptors (Lipinski definition) is 4. The summed E-state index contributed by atoms with van der Waals surface area (Å²) in [5.41, 5.74) is 2.53. The van der Waals surface area contributed by atoms with Crippen LogP contribution in [0.5, 0.6) is 0 Å². The second kappa shape index (κ2) is 9.59. The Morgan fingerprint density at radius 1 is 0.931 bits per heavy atom. The summed E-state index contributed by atoms with van der Waals surface area (Å²) >= 11 is 0. The summed E-state index contributed by atoms with van der Waals surface area (Å²) in [6, 6.07) is 15.9. The van der Waals surface area contributed by atoms with Crippen LogP contribution in [0, 0.1) is 5.92 Å². The maximum Gasteiger partial charge on any atom is 0.256 e. The van der Waals surface area contributed by atoms with E-state index in [-0.39, 0.29) is 11.8 Å². The molecule has 0 fully saturated rings. The highest BCUT2D eigenvalue weighted by Gasteiger charge is 2.10. The topological polar surface area (TPSA) is 84.0 Å². The van der Waals surface area contributed by atoms with Gasteiger partial charge in [0.25, 0.3) is 11.8 Å². The second-order valence-electron chi connectivity index (χ2n) is 7.12. The fourth-order valence-electron chi connectivity index (χ4n) is 2.70. The number of benzene rings is 1. The fraction of sp³-hybridized carbons (Fsp3) is 0.217. The lowest BCUT2D eigenvalue weighted by atomic mass is 10.1. The Bertz CT molecular complexity index is 970. The lowest BCUT2D eigenvalue weighted by Crippen LogP contribution is -2.25. The largest absolute Gasteiger partial charge is 0.352 e. The summed E-state index contributed by atoms with van der Waals surface area (Å²) in [6.45, 7) is 4.89. The Morgan fingerprint density at radius 2 is 1.72 bits per heavy atom. The highest BCUT2D eigenvalue weighted by Crippen LogP contribution is 2.19. The third-order valence-corrected chi connectivity index (χ3v) is 4.37. The monoisotopic (exact) mass is 388 g/mol. The highest BCUT2D eigenvalue weighted by molar-refractivity contribution is 6.03. The Balaban J connectivity index is 1.67. The van der Waals surface area contributed by atoms with Gasteiger partial charge < -0.3 is 10.6 Å². The first kappa shape index (κ1) is 20.2. The average Bonchev–Trinajstić information content (AvgIpc) is 2.74. The SMILES string of the molecule is CC(C)CCNC(=O)c1ccnc(-c2ccc(NC(=O)c3ccccc3)nc2)c1. The van der Waals surface area contributed by atoms with E-state index in [4.69, 9.17) is 0 Å². The van der Waals surface area contributed by atoms with Crippen molar-refractivity contribution in [1.29, 1.82) is 0 Å². The molecular formula is C23H24N4O2. The maximum atomic E-state index is 12.3. The average molecular weight is 388 g/mol. The molecular weight excluding hydrogens is 364 g/mol. The molecule has 0 saturated heterocycles. The van der Waals surface area contributed by atoms with Crippen molar-refractivity contribution in [3.63, 3.8) is 0 Å². The van der Waals surface area contributed by atoms with Crippen LogP contribution in [0.4, 0.5) is 5.82 Å². The van der Waals surface area contributed by atoms with Gasteiger partial charge in [0.2, 0.25) is 0 Å². The third-order valence-electron chi connectivity index (χ3n) is 4.37. The number of carbonyl (C=O) groups is 2. The minimum atomic E-state index is -0.218. The molecule has 3 rings (SSSR count). The van der Waals surface area contributed by atoms with Crippen LogP contribution in [-0.2, 0) is 0 Å². The van der Waals surface area contributed by atoms with Gasteiger partial charge in [-0.2, -0.15) is 0 Å². The van der Waals surface area contributed by atoms with Crippen LogP contribution in [0.3, 0.4) is 0 Å². The van der Waals surface area contributed by atoms with E-state index in [0.717, 1.165) is 12.0 Å². The van der Waals surface area contributed by atoms with E-state index in [0.29, 0.717) is 35.1 Å². The lowest BCUT2D eigenvalue weighted by Gasteiger charge is -2.09. The van der Waals surface area contributed by atoms with E-state index >= 15 is 0 Å². The molecule has 0 aliphatic carbocycles. The number of anilines is 1. The zero-order valence-electron chi connectivity index (χ0n) is 16.6. The van der Waals surface area contributed by atoms with Crippen molar-refractivity contribution in [2.24, 2.45) is 5.92 Å². The lowest BCUT2D eigenvalue weighted by molar-refractivity contribution is 0.0951. The molecule has 0 bridgehead atoms. The maximum absolute atomic E-state index is 12.3. The Hall–Kier alpha value is -3.54. The standard InChI is InChI=1S/C23H24N4O2/c1-16(2)10-12-25-22(28)18-11-13-24-20(14-18)19-8-9-21(26-15-19)27-23(29)17-6-4-3-5-7-17/h3-9,11,13-16H,10,12H2,1-2H3,(H,25,28)(H,26,27,29). The predicted octanol–water partition coefficient (Wildman–Crippen LogP) is 4.17. The predicted molar refractivity (Wildman–Crippen MR) is 114 cm³/mol. The molecule has 0 aliphatic rings. The van der Waals surface area contributed by atoms with E-state index in [1.54, 1.807) is 42.7 Å². The van der Waals surface area contributed by atoms with E-state index < -0.39 is 0 Å². The number of rotatable bonds is 7. The number of amides is 2. The van der Waals surface area contributed by atoms with Crippen molar-refractivity contribution in [3.05, 3.63) is 78.1 Å². The number of carbonyl (C=O) groups excluding carboxylic acids is 2. The van der Waals surface area contributed by atoms with Gasteiger partial charge in [-0.15, -0.1) is 0 Å². The van der Waals surface area contributed by atoms with Gasteiger partial charge in [-0.05, 0) is 48.7 Å². The molecule has 2 heterocycles. The molecule has 0 atom stereocenters. The summed E-state index contributed by atoms with van der Waals surface area (Å²) in [5.74, 6) is 0.651. The fourth-order valence-corrected chi connectivity index (χ4v) is 2.70. The number of aromatic nitrogens is 2. The van der Waals surface area contributed by atoms with Gasteiger partial charge in [-0.3, -0.25) is 14.6 Å². The zero-order chi connectivity index (χ0) is 20.6. The van der Waals surface area contributed by atoms with Crippen LogP contribution in [0.1, 0.15) is 41.0 Å². The molecule has 0 spiro atoms. The van der Waals surface area contributed by atoms with E-state index in [1.165, 1.54) is 0 Å².